The summed E-state index contributed by atoms with van der Waals surface area (Å²) in [5.74, 6) is 4.04. The topological polar surface area (TPSA) is 301 Å². The zero-order chi connectivity index (χ0) is 88.6. The van der Waals surface area contributed by atoms with Gasteiger partial charge >= 0.3 is 0 Å². The van der Waals surface area contributed by atoms with E-state index in [9.17, 15) is 42.7 Å². The van der Waals surface area contributed by atoms with E-state index in [1.807, 2.05) is 54.5 Å². The number of methoxy groups -OCH3 is 3. The zero-order valence-electron chi connectivity index (χ0n) is 73.1. The molecule has 0 amide bonds. The summed E-state index contributed by atoms with van der Waals surface area (Å²) in [7, 11) is 3.27. The van der Waals surface area contributed by atoms with E-state index in [0.717, 1.165) is 49.7 Å². The van der Waals surface area contributed by atoms with Crippen LogP contribution in [0.15, 0.2) is 121 Å². The third-order valence-electron chi connectivity index (χ3n) is 23.4. The van der Waals surface area contributed by atoms with E-state index >= 15 is 0 Å². The van der Waals surface area contributed by atoms with Gasteiger partial charge in [-0.05, 0) is 259 Å². The average Bonchev–Trinajstić information content (AvgIpc) is 1.59. The molecule has 3 aromatic heterocycles. The highest BCUT2D eigenvalue weighted by Crippen LogP contribution is 2.53. The summed E-state index contributed by atoms with van der Waals surface area (Å²) in [4.78, 5) is 53.6. The second-order valence-electron chi connectivity index (χ2n) is 36.4. The SMILES string of the molecule is COc1cc(C(=O)CCC(C)(O)c2cc3c(c(-c4ccc(F)cc4)n2)OCC3(N)C(C)C)ccc1OC1CC1.COc1cc(C(=O)CCC(C)(O)c2cc3c(c(-c4ccc(F)cc4)n2)OCC3(NSC(C)(C)C)C(C)C)ccc1OC1CC1.COc1cc(C(=O)CCC(C)(O)c2cc3c(c(Cl)n2)OCC3(NS(=O)C(C)(C)C)C(C)C)ccc1OC1CC1. The molecule has 8 aromatic rings. The number of Topliss-reactive ketones (excluding diaryl/α,β-unsaturated/α-hetero) is 3. The Morgan fingerprint density at radius 3 is 1.20 bits per heavy atom. The van der Waals surface area contributed by atoms with Gasteiger partial charge in [-0.25, -0.2) is 37.4 Å². The standard InChI is InChI=1S/C35H43FN2O5S.C31H35FN2O5.C29H39ClN2O6S/c1-21(2)35(38-44-33(3,4)5)20-42-32-26(35)19-30(37-31(32)22-8-11-24(36)12-9-22)34(6,40)17-16-27(39)23-10-15-28(29(18-23)41-7)43-25-13-14-25;1-18(2)31(33)17-38-29-23(31)16-27(34-28(29)19-5-8-21(32)9-6-19)30(3,36)14-13-24(35)20-7-12-25(26(15-20)37-4)39-22-10-11-22;1-17(2)29(32-39(35)27(3,4)5)16-37-25-20(29)15-24(31-26(25)30)28(6,34)13-12-21(33)18-8-11-22(23(14-18)36-7)38-19-9-10-19/h8-12,15,18-19,21,25,38,40H,13-14,16-17,20H2,1-7H3;5-9,12,15-16,18,22,36H,10-11,13-14,17,33H2,1-4H3;8,11,14-15,17,19,32,34H,9-10,12-13,16H2,1-7H3. The molecule has 3 fully saturated rings. The second kappa shape index (κ2) is 36.8. The van der Waals surface area contributed by atoms with Gasteiger partial charge in [0, 0.05) is 68.5 Å². The van der Waals surface area contributed by atoms with Gasteiger partial charge in [-0.3, -0.25) is 14.4 Å². The fourth-order valence-electron chi connectivity index (χ4n) is 14.4. The molecule has 3 aliphatic heterocycles. The van der Waals surface area contributed by atoms with Gasteiger partial charge in [-0.15, -0.1) is 0 Å². The highest BCUT2D eigenvalue weighted by molar-refractivity contribution is 7.98. The lowest BCUT2D eigenvalue weighted by atomic mass is 9.80. The number of aliphatic hydroxyl groups is 3. The van der Waals surface area contributed by atoms with Gasteiger partial charge in [0.05, 0.1) is 89.1 Å². The molecular formula is C95H117ClF2N6O16S2. The van der Waals surface area contributed by atoms with Crippen molar-refractivity contribution >= 4 is 51.9 Å². The predicted molar refractivity (Wildman–Crippen MR) is 470 cm³/mol. The van der Waals surface area contributed by atoms with Gasteiger partial charge in [0.2, 0.25) is 0 Å². The second-order valence-corrected chi connectivity index (χ2v) is 40.4. The highest BCUT2D eigenvalue weighted by Gasteiger charge is 2.51. The van der Waals surface area contributed by atoms with Crippen molar-refractivity contribution in [3.8, 4) is 74.3 Å². The van der Waals surface area contributed by atoms with Crippen LogP contribution in [0.1, 0.15) is 246 Å². The Balaban J connectivity index is 0.000000168. The minimum Gasteiger partial charge on any atom is -0.493 e. The van der Waals surface area contributed by atoms with Crippen molar-refractivity contribution in [2.45, 2.75) is 242 Å². The maximum Gasteiger partial charge on any atom is 0.171 e. The number of ether oxygens (including phenoxy) is 9. The number of ketones is 3. The van der Waals surface area contributed by atoms with Crippen LogP contribution >= 0.6 is 23.5 Å². The molecule has 122 heavy (non-hydrogen) atoms. The summed E-state index contributed by atoms with van der Waals surface area (Å²) in [6.45, 7) is 30.3. The summed E-state index contributed by atoms with van der Waals surface area (Å²) in [5, 5.41) is 35.0. The molecule has 27 heteroatoms. The molecular weight excluding hydrogens is 1620 g/mol. The van der Waals surface area contributed by atoms with Crippen molar-refractivity contribution in [1.82, 2.24) is 24.4 Å². The summed E-state index contributed by atoms with van der Waals surface area (Å²) in [6, 6.07) is 33.0. The highest BCUT2D eigenvalue weighted by atomic mass is 35.5. The number of aromatic nitrogens is 3. The fraction of sp³-hybridized carbons (Fsp3) is 0.495. The molecule has 656 valence electrons. The largest absolute Gasteiger partial charge is 0.493 e. The lowest BCUT2D eigenvalue weighted by Gasteiger charge is -2.36. The molecule has 7 atom stereocenters. The Bertz CT molecular complexity index is 5180. The number of hydrogen-bond acceptors (Lipinski definition) is 22. The van der Waals surface area contributed by atoms with E-state index in [-0.39, 0.29) is 127 Å². The van der Waals surface area contributed by atoms with E-state index in [2.05, 4.69) is 49.0 Å². The maximum atomic E-state index is 13.9. The number of benzene rings is 5. The normalized spacial score (nSPS) is 20.1. The number of halogens is 3. The fourth-order valence-corrected chi connectivity index (χ4v) is 16.6. The quantitative estimate of drug-likeness (QED) is 0.0126. The maximum absolute atomic E-state index is 13.9. The monoisotopic (exact) mass is 1730 g/mol. The number of rotatable bonds is 33. The van der Waals surface area contributed by atoms with Gasteiger partial charge in [0.1, 0.15) is 59.6 Å². The zero-order valence-corrected chi connectivity index (χ0v) is 75.5. The molecule has 0 saturated heterocycles. The van der Waals surface area contributed by atoms with Crippen molar-refractivity contribution in [3.05, 3.63) is 189 Å². The molecule has 3 saturated carbocycles. The molecule has 3 aliphatic carbocycles. The van der Waals surface area contributed by atoms with Crippen LogP contribution in [0.2, 0.25) is 5.15 Å². The first kappa shape index (κ1) is 92.4. The molecule has 0 spiro atoms. The van der Waals surface area contributed by atoms with Crippen LogP contribution in [0, 0.1) is 29.4 Å². The molecule has 7 unspecified atom stereocenters. The van der Waals surface area contributed by atoms with Crippen molar-refractivity contribution in [2.75, 3.05) is 41.2 Å². The van der Waals surface area contributed by atoms with Crippen LogP contribution in [-0.4, -0.2) is 121 Å². The Hall–Kier alpha value is -8.83. The molecule has 0 bridgehead atoms. The van der Waals surface area contributed by atoms with E-state index in [1.165, 1.54) is 24.3 Å². The average molecular weight is 1740 g/mol. The van der Waals surface area contributed by atoms with E-state index in [0.29, 0.717) is 120 Å². The first-order valence-corrected chi connectivity index (χ1v) is 44.2. The number of nitrogens with zero attached hydrogens (tertiary/aromatic N) is 3. The van der Waals surface area contributed by atoms with Crippen LogP contribution in [0.5, 0.6) is 51.7 Å². The van der Waals surface area contributed by atoms with Crippen LogP contribution in [0.25, 0.3) is 22.5 Å². The number of nitrogens with two attached hydrogens (primary N) is 1. The Labute approximate surface area is 726 Å². The molecule has 6 aliphatic rings. The molecule has 7 N–H and O–H groups in total. The lowest BCUT2D eigenvalue weighted by molar-refractivity contribution is 0.0394. The number of fused-ring (bicyclic) bond motifs is 3. The minimum absolute atomic E-state index is 0.00950. The number of carbonyl (C=O) groups excluding carboxylic acids is 3. The van der Waals surface area contributed by atoms with E-state index in [4.69, 9.17) is 69.9 Å². The summed E-state index contributed by atoms with van der Waals surface area (Å²) in [5.41, 5.74) is 7.56. The number of hydrogen-bond donors (Lipinski definition) is 6. The third kappa shape index (κ3) is 21.1. The van der Waals surface area contributed by atoms with E-state index in [1.54, 1.807) is 145 Å². The Morgan fingerprint density at radius 2 is 0.844 bits per heavy atom. The molecule has 5 aromatic carbocycles. The predicted octanol–water partition coefficient (Wildman–Crippen LogP) is 18.5. The summed E-state index contributed by atoms with van der Waals surface area (Å²) < 4.78 is 99.4. The van der Waals surface area contributed by atoms with E-state index < -0.39 is 49.2 Å². The first-order chi connectivity index (χ1) is 57.4. The van der Waals surface area contributed by atoms with Crippen LogP contribution < -0.4 is 57.8 Å². The van der Waals surface area contributed by atoms with Crippen molar-refractivity contribution in [2.24, 2.45) is 23.5 Å². The summed E-state index contributed by atoms with van der Waals surface area (Å²) in [6.07, 6.45) is 7.40. The molecule has 22 nitrogen and oxygen atoms in total. The van der Waals surface area contributed by atoms with Crippen molar-refractivity contribution in [3.63, 3.8) is 0 Å². The van der Waals surface area contributed by atoms with Gasteiger partial charge < -0.3 is 63.7 Å². The number of carbonyl (C=O) groups is 3. The minimum atomic E-state index is -1.46. The van der Waals surface area contributed by atoms with Gasteiger partial charge in [0.25, 0.3) is 0 Å². The lowest BCUT2D eigenvalue weighted by Crippen LogP contribution is -2.52. The summed E-state index contributed by atoms with van der Waals surface area (Å²) >= 11 is 8.18. The first-order valence-electron chi connectivity index (χ1n) is 41.9. The smallest absolute Gasteiger partial charge is 0.171 e. The van der Waals surface area contributed by atoms with Gasteiger partial charge in [-0.1, -0.05) is 65.1 Å². The van der Waals surface area contributed by atoms with Gasteiger partial charge in [0.15, 0.2) is 74.2 Å². The van der Waals surface area contributed by atoms with Gasteiger partial charge in [-0.2, -0.15) is 0 Å². The number of nitrogens with one attached hydrogen (secondary N) is 2. The van der Waals surface area contributed by atoms with Crippen molar-refractivity contribution < 1.29 is 85.3 Å². The molecule has 6 heterocycles. The molecule has 14 rings (SSSR count). The van der Waals surface area contributed by atoms with Crippen LogP contribution in [0.3, 0.4) is 0 Å². The molecule has 0 radical (unpaired) electrons. The Kier molecular flexibility index (Phi) is 27.8. The number of pyridine rings is 3. The van der Waals surface area contributed by atoms with Crippen LogP contribution in [0.4, 0.5) is 8.78 Å². The van der Waals surface area contributed by atoms with Crippen molar-refractivity contribution in [1.29, 1.82) is 0 Å². The third-order valence-corrected chi connectivity index (χ3v) is 26.4. The Morgan fingerprint density at radius 1 is 0.500 bits per heavy atom. The van der Waals surface area contributed by atoms with Crippen LogP contribution in [-0.2, 0) is 44.4 Å².